The fourth-order valence-electron chi connectivity index (χ4n) is 5.26. The highest BCUT2D eigenvalue weighted by molar-refractivity contribution is 7.96. The quantitative estimate of drug-likeness (QED) is 0.368. The summed E-state index contributed by atoms with van der Waals surface area (Å²) < 4.78 is 8.92. The molecule has 0 aromatic heterocycles. The normalized spacial score (nSPS) is 25.5. The van der Waals surface area contributed by atoms with Crippen molar-refractivity contribution in [3.63, 3.8) is 0 Å². The van der Waals surface area contributed by atoms with Crippen molar-refractivity contribution >= 4 is 28.4 Å². The van der Waals surface area contributed by atoms with Crippen molar-refractivity contribution in [1.82, 2.24) is 9.62 Å². The van der Waals surface area contributed by atoms with E-state index in [1.54, 1.807) is 26.2 Å². The minimum absolute atomic E-state index is 0.409. The zero-order chi connectivity index (χ0) is 21.6. The molecule has 2 aromatic rings. The first-order valence-electron chi connectivity index (χ1n) is 11.4. The highest BCUT2D eigenvalue weighted by Gasteiger charge is 2.32. The van der Waals surface area contributed by atoms with Crippen LogP contribution in [0.15, 0.2) is 41.6 Å². The third kappa shape index (κ3) is 5.36. The number of likely N-dealkylation sites (tertiary alicyclic amines) is 1. The SMILES string of the molecule is CO/N=C(/c1ccc2cc(OC)ccc2c1)C1CCCN(C2CCC(NSC)CC2)C1. The molecule has 5 nitrogen and oxygen atoms in total. The van der Waals surface area contributed by atoms with Gasteiger partial charge in [0.25, 0.3) is 0 Å². The number of methoxy groups -OCH3 is 1. The van der Waals surface area contributed by atoms with E-state index >= 15 is 0 Å². The van der Waals surface area contributed by atoms with Crippen LogP contribution in [0.3, 0.4) is 0 Å². The average molecular weight is 442 g/mol. The number of nitrogens with one attached hydrogen (secondary N) is 1. The van der Waals surface area contributed by atoms with E-state index in [0.717, 1.165) is 18.0 Å². The summed E-state index contributed by atoms with van der Waals surface area (Å²) in [6.07, 6.45) is 9.66. The second-order valence-electron chi connectivity index (χ2n) is 8.75. The summed E-state index contributed by atoms with van der Waals surface area (Å²) in [6.45, 7) is 2.29. The Bertz CT molecular complexity index is 895. The molecular weight excluding hydrogens is 406 g/mol. The van der Waals surface area contributed by atoms with E-state index in [1.165, 1.54) is 61.4 Å². The minimum atomic E-state index is 0.409. The van der Waals surface area contributed by atoms with Crippen molar-refractivity contribution in [2.24, 2.45) is 11.1 Å². The molecule has 168 valence electrons. The standard InChI is InChI=1S/C25H35N3O2S/c1-29-24-13-8-18-15-20(7-6-19(18)16-24)25(26-30-2)21-5-4-14-28(17-21)23-11-9-22(10-12-23)27-31-3/h6-8,13,15-16,21-23,27H,4-5,9-12,14,17H2,1-3H3/b26-25-. The number of ether oxygens (including phenoxy) is 1. The number of oxime groups is 1. The molecule has 1 N–H and O–H groups in total. The van der Waals surface area contributed by atoms with Crippen LogP contribution in [0, 0.1) is 5.92 Å². The molecule has 4 rings (SSSR count). The molecule has 1 unspecified atom stereocenters. The smallest absolute Gasteiger partial charge is 0.119 e. The molecule has 2 aromatic carbocycles. The van der Waals surface area contributed by atoms with E-state index < -0.39 is 0 Å². The fraction of sp³-hybridized carbons (Fsp3) is 0.560. The predicted molar refractivity (Wildman–Crippen MR) is 131 cm³/mol. The van der Waals surface area contributed by atoms with Crippen LogP contribution in [0.5, 0.6) is 5.75 Å². The van der Waals surface area contributed by atoms with E-state index in [4.69, 9.17) is 9.57 Å². The first-order valence-corrected chi connectivity index (χ1v) is 12.7. The molecule has 2 aliphatic rings. The van der Waals surface area contributed by atoms with E-state index in [1.807, 2.05) is 6.07 Å². The number of fused-ring (bicyclic) bond motifs is 1. The van der Waals surface area contributed by atoms with E-state index in [0.29, 0.717) is 18.0 Å². The summed E-state index contributed by atoms with van der Waals surface area (Å²) in [5, 5.41) is 6.91. The van der Waals surface area contributed by atoms with Crippen LogP contribution in [0.25, 0.3) is 10.8 Å². The average Bonchev–Trinajstić information content (AvgIpc) is 2.82. The van der Waals surface area contributed by atoms with E-state index in [9.17, 15) is 0 Å². The Labute approximate surface area is 190 Å². The first-order chi connectivity index (χ1) is 15.2. The summed E-state index contributed by atoms with van der Waals surface area (Å²) >= 11 is 1.75. The second kappa shape index (κ2) is 10.7. The lowest BCUT2D eigenvalue weighted by Crippen LogP contribution is -2.47. The van der Waals surface area contributed by atoms with Gasteiger partial charge < -0.3 is 9.57 Å². The minimum Gasteiger partial charge on any atom is -0.497 e. The molecule has 1 atom stereocenters. The zero-order valence-corrected chi connectivity index (χ0v) is 19.8. The Morgan fingerprint density at radius 2 is 1.81 bits per heavy atom. The number of benzene rings is 2. The Hall–Kier alpha value is -1.76. The summed E-state index contributed by atoms with van der Waals surface area (Å²) in [5.41, 5.74) is 2.25. The summed E-state index contributed by atoms with van der Waals surface area (Å²) in [6, 6.07) is 14.2. The highest BCUT2D eigenvalue weighted by atomic mass is 32.2. The summed E-state index contributed by atoms with van der Waals surface area (Å²) in [4.78, 5) is 8.04. The molecule has 6 heteroatoms. The van der Waals surface area contributed by atoms with Crippen LogP contribution in [-0.2, 0) is 4.84 Å². The second-order valence-corrected chi connectivity index (χ2v) is 9.39. The molecule has 0 spiro atoms. The molecular formula is C25H35N3O2S. The van der Waals surface area contributed by atoms with Crippen LogP contribution in [0.1, 0.15) is 44.1 Å². The number of hydrogen-bond acceptors (Lipinski definition) is 6. The van der Waals surface area contributed by atoms with Gasteiger partial charge in [-0.05, 0) is 80.3 Å². The maximum Gasteiger partial charge on any atom is 0.119 e. The molecule has 1 aliphatic carbocycles. The third-order valence-electron chi connectivity index (χ3n) is 6.87. The van der Waals surface area contributed by atoms with Gasteiger partial charge in [-0.1, -0.05) is 35.3 Å². The Morgan fingerprint density at radius 3 is 2.55 bits per heavy atom. The lowest BCUT2D eigenvalue weighted by atomic mass is 9.85. The Balaban J connectivity index is 1.49. The molecule has 1 heterocycles. The Morgan fingerprint density at radius 1 is 1.03 bits per heavy atom. The van der Waals surface area contributed by atoms with Crippen LogP contribution in [0.4, 0.5) is 0 Å². The lowest BCUT2D eigenvalue weighted by molar-refractivity contribution is 0.109. The maximum absolute atomic E-state index is 5.37. The van der Waals surface area contributed by atoms with Gasteiger partial charge in [0.1, 0.15) is 12.9 Å². The van der Waals surface area contributed by atoms with Gasteiger partial charge in [0.15, 0.2) is 0 Å². The fourth-order valence-corrected chi connectivity index (χ4v) is 5.83. The van der Waals surface area contributed by atoms with Gasteiger partial charge in [0.05, 0.1) is 12.8 Å². The third-order valence-corrected chi connectivity index (χ3v) is 7.44. The van der Waals surface area contributed by atoms with Crippen LogP contribution >= 0.6 is 11.9 Å². The van der Waals surface area contributed by atoms with E-state index in [2.05, 4.69) is 51.4 Å². The lowest BCUT2D eigenvalue weighted by Gasteiger charge is -2.41. The highest BCUT2D eigenvalue weighted by Crippen LogP contribution is 2.30. The molecule has 1 saturated carbocycles. The molecule has 1 aliphatic heterocycles. The number of hydrogen-bond donors (Lipinski definition) is 1. The van der Waals surface area contributed by atoms with Gasteiger partial charge in [0.2, 0.25) is 0 Å². The summed E-state index contributed by atoms with van der Waals surface area (Å²) in [5.74, 6) is 1.29. The van der Waals surface area contributed by atoms with Gasteiger partial charge in [-0.2, -0.15) is 0 Å². The van der Waals surface area contributed by atoms with Gasteiger partial charge >= 0.3 is 0 Å². The molecule has 1 saturated heterocycles. The van der Waals surface area contributed by atoms with Gasteiger partial charge in [0, 0.05) is 30.1 Å². The van der Waals surface area contributed by atoms with Crippen LogP contribution < -0.4 is 9.46 Å². The van der Waals surface area contributed by atoms with E-state index in [-0.39, 0.29) is 0 Å². The molecule has 0 radical (unpaired) electrons. The van der Waals surface area contributed by atoms with Crippen molar-refractivity contribution in [3.8, 4) is 5.75 Å². The van der Waals surface area contributed by atoms with Gasteiger partial charge in [-0.15, -0.1) is 0 Å². The van der Waals surface area contributed by atoms with Crippen molar-refractivity contribution < 1.29 is 9.57 Å². The van der Waals surface area contributed by atoms with Crippen molar-refractivity contribution in [2.75, 3.05) is 33.6 Å². The van der Waals surface area contributed by atoms with Crippen molar-refractivity contribution in [1.29, 1.82) is 0 Å². The topological polar surface area (TPSA) is 46.1 Å². The Kier molecular flexibility index (Phi) is 7.75. The van der Waals surface area contributed by atoms with Crippen LogP contribution in [0.2, 0.25) is 0 Å². The van der Waals surface area contributed by atoms with Gasteiger partial charge in [-0.25, -0.2) is 0 Å². The van der Waals surface area contributed by atoms with Gasteiger partial charge in [-0.3, -0.25) is 9.62 Å². The molecule has 0 bridgehead atoms. The number of piperidine rings is 1. The first kappa shape index (κ1) is 22.4. The predicted octanol–water partition coefficient (Wildman–Crippen LogP) is 5.09. The summed E-state index contributed by atoms with van der Waals surface area (Å²) in [7, 11) is 3.37. The van der Waals surface area contributed by atoms with Crippen molar-refractivity contribution in [3.05, 3.63) is 42.0 Å². The number of rotatable bonds is 7. The number of nitrogens with zero attached hydrogens (tertiary/aromatic N) is 2. The maximum atomic E-state index is 5.37. The zero-order valence-electron chi connectivity index (χ0n) is 19.0. The largest absolute Gasteiger partial charge is 0.497 e. The molecule has 0 amide bonds. The molecule has 2 fully saturated rings. The van der Waals surface area contributed by atoms with Crippen LogP contribution in [-0.4, -0.2) is 56.3 Å². The monoisotopic (exact) mass is 441 g/mol. The molecule has 31 heavy (non-hydrogen) atoms. The van der Waals surface area contributed by atoms with Crippen molar-refractivity contribution in [2.45, 2.75) is 50.6 Å².